The van der Waals surface area contributed by atoms with Gasteiger partial charge in [0.05, 0.1) is 24.9 Å². The number of carbonyl (C=O) groups is 1. The molecule has 8 nitrogen and oxygen atoms in total. The highest BCUT2D eigenvalue weighted by Gasteiger charge is 2.31. The van der Waals surface area contributed by atoms with Gasteiger partial charge >= 0.3 is 6.03 Å². The predicted octanol–water partition coefficient (Wildman–Crippen LogP) is 3.38. The summed E-state index contributed by atoms with van der Waals surface area (Å²) < 4.78 is 5.66. The third-order valence-corrected chi connectivity index (χ3v) is 6.47. The van der Waals surface area contributed by atoms with E-state index in [0.29, 0.717) is 18.7 Å². The molecule has 2 aromatic rings. The van der Waals surface area contributed by atoms with Gasteiger partial charge in [-0.2, -0.15) is 0 Å². The molecular formula is C24H32N6O2. The zero-order chi connectivity index (χ0) is 22.2. The number of hydrogen-bond donors (Lipinski definition) is 2. The summed E-state index contributed by atoms with van der Waals surface area (Å²) in [5.41, 5.74) is 4.07. The molecule has 1 aromatic carbocycles. The number of ether oxygens (including phenoxy) is 1. The van der Waals surface area contributed by atoms with E-state index in [2.05, 4.69) is 41.2 Å². The Hall–Kier alpha value is -2.71. The lowest BCUT2D eigenvalue weighted by Gasteiger charge is -2.35. The number of rotatable bonds is 5. The van der Waals surface area contributed by atoms with Crippen molar-refractivity contribution >= 4 is 17.5 Å². The molecule has 170 valence electrons. The van der Waals surface area contributed by atoms with E-state index in [4.69, 9.17) is 14.7 Å². The summed E-state index contributed by atoms with van der Waals surface area (Å²) in [4.78, 5) is 26.8. The average molecular weight is 437 g/mol. The molecule has 1 aliphatic carbocycles. The minimum Gasteiger partial charge on any atom is -0.377 e. The molecule has 2 aliphatic heterocycles. The number of anilines is 2. The van der Waals surface area contributed by atoms with Gasteiger partial charge < -0.3 is 20.3 Å². The van der Waals surface area contributed by atoms with E-state index in [9.17, 15) is 4.79 Å². The maximum absolute atomic E-state index is 12.0. The summed E-state index contributed by atoms with van der Waals surface area (Å²) in [6.45, 7) is 10.6. The Bertz CT molecular complexity index is 989. The molecule has 0 radical (unpaired) electrons. The van der Waals surface area contributed by atoms with Crippen molar-refractivity contribution in [3.8, 4) is 11.4 Å². The number of morpholine rings is 1. The van der Waals surface area contributed by atoms with Gasteiger partial charge in [0.2, 0.25) is 0 Å². The molecule has 32 heavy (non-hydrogen) atoms. The second-order valence-electron chi connectivity index (χ2n) is 9.36. The summed E-state index contributed by atoms with van der Waals surface area (Å²) in [5, 5.41) is 5.84. The summed E-state index contributed by atoms with van der Waals surface area (Å²) in [6.07, 6.45) is 2.14. The van der Waals surface area contributed by atoms with Crippen molar-refractivity contribution in [2.24, 2.45) is 0 Å². The SMILES string of the molecule is CC(C)N1Cc2nc(-c3ccc(NC(=O)NC4CC4)cc3)nc(N3CCOCC3C)c2C1. The minimum absolute atomic E-state index is 0.147. The van der Waals surface area contributed by atoms with E-state index >= 15 is 0 Å². The first-order valence-electron chi connectivity index (χ1n) is 11.6. The fraction of sp³-hybridized carbons (Fsp3) is 0.542. The highest BCUT2D eigenvalue weighted by Crippen LogP contribution is 2.34. The normalized spacial score (nSPS) is 21.0. The van der Waals surface area contributed by atoms with Crippen LogP contribution in [0.2, 0.25) is 0 Å². The molecular weight excluding hydrogens is 404 g/mol. The van der Waals surface area contributed by atoms with E-state index in [-0.39, 0.29) is 12.1 Å². The van der Waals surface area contributed by atoms with Crippen LogP contribution in [0.25, 0.3) is 11.4 Å². The Balaban J connectivity index is 1.43. The smallest absolute Gasteiger partial charge is 0.319 e. The molecule has 1 unspecified atom stereocenters. The van der Waals surface area contributed by atoms with Crippen LogP contribution in [0.1, 0.15) is 44.9 Å². The molecule has 5 rings (SSSR count). The standard InChI is InChI=1S/C24H32N6O2/c1-15(2)29-12-20-21(13-29)27-22(28-23(20)30-10-11-32-14-16(30)3)17-4-6-18(7-5-17)25-24(31)26-19-8-9-19/h4-7,15-16,19H,8-14H2,1-3H3,(H2,25,26,31). The number of benzene rings is 1. The van der Waals surface area contributed by atoms with Crippen molar-refractivity contribution < 1.29 is 9.53 Å². The topological polar surface area (TPSA) is 82.6 Å². The lowest BCUT2D eigenvalue weighted by atomic mass is 10.1. The van der Waals surface area contributed by atoms with Crippen LogP contribution in [0.15, 0.2) is 24.3 Å². The molecule has 1 saturated carbocycles. The Morgan fingerprint density at radius 3 is 2.62 bits per heavy atom. The maximum Gasteiger partial charge on any atom is 0.319 e. The molecule has 1 atom stereocenters. The minimum atomic E-state index is -0.147. The fourth-order valence-corrected chi connectivity index (χ4v) is 4.32. The van der Waals surface area contributed by atoms with E-state index < -0.39 is 0 Å². The van der Waals surface area contributed by atoms with Gasteiger partial charge in [0.1, 0.15) is 5.82 Å². The van der Waals surface area contributed by atoms with Gasteiger partial charge in [-0.1, -0.05) is 0 Å². The van der Waals surface area contributed by atoms with E-state index in [1.807, 2.05) is 24.3 Å². The van der Waals surface area contributed by atoms with Crippen molar-refractivity contribution in [1.82, 2.24) is 20.2 Å². The first kappa shape index (κ1) is 21.2. The van der Waals surface area contributed by atoms with Crippen LogP contribution in [0.3, 0.4) is 0 Å². The Kier molecular flexibility index (Phi) is 5.73. The average Bonchev–Trinajstić information content (AvgIpc) is 3.47. The Morgan fingerprint density at radius 2 is 1.94 bits per heavy atom. The van der Waals surface area contributed by atoms with Gasteiger partial charge in [0.15, 0.2) is 5.82 Å². The number of aromatic nitrogens is 2. The zero-order valence-corrected chi connectivity index (χ0v) is 19.1. The van der Waals surface area contributed by atoms with Crippen LogP contribution < -0.4 is 15.5 Å². The number of nitrogens with one attached hydrogen (secondary N) is 2. The second kappa shape index (κ2) is 8.67. The molecule has 2 N–H and O–H groups in total. The maximum atomic E-state index is 12.0. The first-order chi connectivity index (χ1) is 15.5. The Morgan fingerprint density at radius 1 is 1.16 bits per heavy atom. The number of hydrogen-bond acceptors (Lipinski definition) is 6. The molecule has 3 heterocycles. The summed E-state index contributed by atoms with van der Waals surface area (Å²) >= 11 is 0. The lowest BCUT2D eigenvalue weighted by molar-refractivity contribution is 0.0984. The zero-order valence-electron chi connectivity index (χ0n) is 19.1. The van der Waals surface area contributed by atoms with Gasteiger partial charge in [-0.3, -0.25) is 4.90 Å². The summed E-state index contributed by atoms with van der Waals surface area (Å²) in [6, 6.07) is 8.71. The largest absolute Gasteiger partial charge is 0.377 e. The van der Waals surface area contributed by atoms with Crippen LogP contribution >= 0.6 is 0 Å². The molecule has 0 bridgehead atoms. The van der Waals surface area contributed by atoms with Gasteiger partial charge in [-0.25, -0.2) is 14.8 Å². The van der Waals surface area contributed by atoms with Gasteiger partial charge in [-0.05, 0) is 57.9 Å². The number of fused-ring (bicyclic) bond motifs is 1. The van der Waals surface area contributed by atoms with Crippen molar-refractivity contribution in [3.05, 3.63) is 35.5 Å². The number of amides is 2. The molecule has 3 aliphatic rings. The first-order valence-corrected chi connectivity index (χ1v) is 11.6. The van der Waals surface area contributed by atoms with E-state index in [1.165, 1.54) is 5.56 Å². The summed E-state index contributed by atoms with van der Waals surface area (Å²) in [5.74, 6) is 1.77. The molecule has 2 fully saturated rings. The van der Waals surface area contributed by atoms with Crippen molar-refractivity contribution in [3.63, 3.8) is 0 Å². The van der Waals surface area contributed by atoms with Crippen LogP contribution in [0.4, 0.5) is 16.3 Å². The van der Waals surface area contributed by atoms with Crippen LogP contribution in [0, 0.1) is 0 Å². The van der Waals surface area contributed by atoms with Crippen LogP contribution in [-0.4, -0.2) is 58.8 Å². The van der Waals surface area contributed by atoms with Crippen LogP contribution in [0.5, 0.6) is 0 Å². The third kappa shape index (κ3) is 4.42. The van der Waals surface area contributed by atoms with Gasteiger partial charge in [0, 0.05) is 48.5 Å². The van der Waals surface area contributed by atoms with Gasteiger partial charge in [-0.15, -0.1) is 0 Å². The molecule has 1 saturated heterocycles. The number of urea groups is 1. The lowest BCUT2D eigenvalue weighted by Crippen LogP contribution is -2.44. The number of carbonyl (C=O) groups excluding carboxylic acids is 1. The highest BCUT2D eigenvalue weighted by atomic mass is 16.5. The van der Waals surface area contributed by atoms with Crippen molar-refractivity contribution in [1.29, 1.82) is 0 Å². The third-order valence-electron chi connectivity index (χ3n) is 6.47. The molecule has 0 spiro atoms. The fourth-order valence-electron chi connectivity index (χ4n) is 4.32. The quantitative estimate of drug-likeness (QED) is 0.748. The molecule has 8 heteroatoms. The van der Waals surface area contributed by atoms with Gasteiger partial charge in [0.25, 0.3) is 0 Å². The van der Waals surface area contributed by atoms with Crippen LogP contribution in [-0.2, 0) is 17.8 Å². The monoisotopic (exact) mass is 436 g/mol. The Labute approximate surface area is 189 Å². The molecule has 2 amide bonds. The predicted molar refractivity (Wildman–Crippen MR) is 125 cm³/mol. The number of nitrogens with zero attached hydrogens (tertiary/aromatic N) is 4. The van der Waals surface area contributed by atoms with Crippen molar-refractivity contribution in [2.45, 2.75) is 64.8 Å². The van der Waals surface area contributed by atoms with E-state index in [1.54, 1.807) is 0 Å². The second-order valence-corrected chi connectivity index (χ2v) is 9.36. The highest BCUT2D eigenvalue weighted by molar-refractivity contribution is 5.89. The van der Waals surface area contributed by atoms with E-state index in [0.717, 1.165) is 67.7 Å². The molecule has 1 aromatic heterocycles. The van der Waals surface area contributed by atoms with Crippen molar-refractivity contribution in [2.75, 3.05) is 30.0 Å². The summed E-state index contributed by atoms with van der Waals surface area (Å²) in [7, 11) is 0.